The highest BCUT2D eigenvalue weighted by Crippen LogP contribution is 2.42. The van der Waals surface area contributed by atoms with Gasteiger partial charge in [-0.05, 0) is 50.4 Å². The van der Waals surface area contributed by atoms with Crippen molar-refractivity contribution in [2.45, 2.75) is 58.2 Å². The summed E-state index contributed by atoms with van der Waals surface area (Å²) in [5.74, 6) is -0.963. The molecular formula is C21H31N3O4S2. The molecule has 0 aliphatic carbocycles. The zero-order chi connectivity index (χ0) is 21.6. The highest BCUT2D eigenvalue weighted by Gasteiger charge is 2.58. The Morgan fingerprint density at radius 1 is 1.17 bits per heavy atom. The molecule has 2 amide bonds. The van der Waals surface area contributed by atoms with E-state index in [-0.39, 0.29) is 23.8 Å². The minimum absolute atomic E-state index is 0.0388. The van der Waals surface area contributed by atoms with E-state index in [9.17, 15) is 18.0 Å². The largest absolute Gasteiger partial charge is 0.332 e. The number of nitrogens with zero attached hydrogens (tertiary/aromatic N) is 3. The van der Waals surface area contributed by atoms with Crippen LogP contribution in [0.1, 0.15) is 54.1 Å². The minimum atomic E-state index is -3.66. The zero-order valence-electron chi connectivity index (χ0n) is 17.9. The van der Waals surface area contributed by atoms with E-state index in [0.717, 1.165) is 30.2 Å². The Morgan fingerprint density at radius 3 is 2.50 bits per heavy atom. The molecule has 0 bridgehead atoms. The Morgan fingerprint density at radius 2 is 1.87 bits per heavy atom. The number of rotatable bonds is 5. The second kappa shape index (κ2) is 8.24. The Labute approximate surface area is 183 Å². The quantitative estimate of drug-likeness (QED) is 0.684. The van der Waals surface area contributed by atoms with Gasteiger partial charge in [-0.3, -0.25) is 14.5 Å². The molecule has 0 unspecified atom stereocenters. The molecule has 1 aromatic rings. The van der Waals surface area contributed by atoms with Crippen LogP contribution in [0.5, 0.6) is 0 Å². The monoisotopic (exact) mass is 453 g/mol. The predicted molar refractivity (Wildman–Crippen MR) is 117 cm³/mol. The topological polar surface area (TPSA) is 78.0 Å². The number of carbonyl (C=O) groups excluding carboxylic acids is 2. The second-order valence-electron chi connectivity index (χ2n) is 9.11. The lowest BCUT2D eigenvalue weighted by Gasteiger charge is -2.29. The fraction of sp³-hybridized carbons (Fsp3) is 0.714. The molecule has 0 spiro atoms. The van der Waals surface area contributed by atoms with Crippen LogP contribution >= 0.6 is 11.3 Å². The molecule has 166 valence electrons. The van der Waals surface area contributed by atoms with Crippen molar-refractivity contribution in [3.8, 4) is 0 Å². The molecule has 0 radical (unpaired) electrons. The number of hydrogen-bond donors (Lipinski definition) is 0. The van der Waals surface area contributed by atoms with Crippen LogP contribution in [0.25, 0.3) is 0 Å². The van der Waals surface area contributed by atoms with Gasteiger partial charge in [0.1, 0.15) is 0 Å². The Hall–Kier alpha value is -1.45. The summed E-state index contributed by atoms with van der Waals surface area (Å²) >= 11 is 1.52. The maximum absolute atomic E-state index is 13.4. The Balaban J connectivity index is 1.54. The first-order valence-electron chi connectivity index (χ1n) is 10.8. The van der Waals surface area contributed by atoms with Gasteiger partial charge in [0.2, 0.25) is 15.9 Å². The van der Waals surface area contributed by atoms with Crippen molar-refractivity contribution < 1.29 is 18.0 Å². The van der Waals surface area contributed by atoms with Crippen LogP contribution < -0.4 is 0 Å². The van der Waals surface area contributed by atoms with Crippen molar-refractivity contribution in [2.24, 2.45) is 11.8 Å². The molecule has 3 atom stereocenters. The Kier molecular flexibility index (Phi) is 5.98. The molecule has 0 aromatic carbocycles. The summed E-state index contributed by atoms with van der Waals surface area (Å²) in [7, 11) is -3.66. The summed E-state index contributed by atoms with van der Waals surface area (Å²) in [4.78, 5) is 32.4. The zero-order valence-corrected chi connectivity index (χ0v) is 19.5. The Bertz CT molecular complexity index is 920. The van der Waals surface area contributed by atoms with Crippen LogP contribution in [-0.4, -0.2) is 72.3 Å². The third kappa shape index (κ3) is 3.91. The van der Waals surface area contributed by atoms with E-state index in [4.69, 9.17) is 0 Å². The van der Waals surface area contributed by atoms with E-state index < -0.39 is 22.0 Å². The van der Waals surface area contributed by atoms with Gasteiger partial charge in [0.05, 0.1) is 29.1 Å². The molecule has 0 N–H and O–H groups in total. The molecule has 9 heteroatoms. The van der Waals surface area contributed by atoms with Gasteiger partial charge >= 0.3 is 0 Å². The number of likely N-dealkylation sites (tertiary alicyclic amines) is 2. The van der Waals surface area contributed by atoms with Gasteiger partial charge in [-0.2, -0.15) is 0 Å². The van der Waals surface area contributed by atoms with E-state index in [0.29, 0.717) is 17.8 Å². The van der Waals surface area contributed by atoms with Gasteiger partial charge in [0.15, 0.2) is 0 Å². The van der Waals surface area contributed by atoms with E-state index in [1.54, 1.807) is 4.90 Å². The standard InChI is InChI=1S/C21H31N3O4S2/c1-14(2)18-19-16(24(21(18)26)30(3,27)28)9-12-23(19)20(25)17-8-7-15(29-17)13-22-10-5-4-6-11-22/h7-8,14,16,18-19H,4-6,9-13H2,1-3H3/t16-,18+,19-/m0/s1. The molecule has 1 aromatic heterocycles. The van der Waals surface area contributed by atoms with E-state index in [2.05, 4.69) is 4.90 Å². The summed E-state index contributed by atoms with van der Waals surface area (Å²) in [6, 6.07) is 3.08. The SMILES string of the molecule is CC(C)[C@H]1C(=O)N(S(C)(=O)=O)[C@H]2CCN(C(=O)c3ccc(CN4CCCCC4)s3)[C@H]12. The van der Waals surface area contributed by atoms with E-state index in [1.165, 1.54) is 35.5 Å². The highest BCUT2D eigenvalue weighted by atomic mass is 32.2. The molecule has 4 heterocycles. The van der Waals surface area contributed by atoms with Crippen molar-refractivity contribution >= 4 is 33.2 Å². The molecule has 3 saturated heterocycles. The second-order valence-corrected chi connectivity index (χ2v) is 12.1. The molecule has 4 rings (SSSR count). The van der Waals surface area contributed by atoms with Gasteiger partial charge in [0, 0.05) is 18.0 Å². The van der Waals surface area contributed by atoms with Crippen LogP contribution in [0.3, 0.4) is 0 Å². The molecule has 7 nitrogen and oxygen atoms in total. The lowest BCUT2D eigenvalue weighted by Crippen LogP contribution is -2.44. The number of thiophene rings is 1. The van der Waals surface area contributed by atoms with E-state index in [1.807, 2.05) is 26.0 Å². The third-order valence-electron chi connectivity index (χ3n) is 6.63. The maximum atomic E-state index is 13.4. The first-order valence-corrected chi connectivity index (χ1v) is 13.5. The number of sulfonamides is 1. The minimum Gasteiger partial charge on any atom is -0.332 e. The molecule has 0 saturated carbocycles. The summed E-state index contributed by atoms with van der Waals surface area (Å²) < 4.78 is 25.6. The summed E-state index contributed by atoms with van der Waals surface area (Å²) in [6.45, 7) is 7.42. The van der Waals surface area contributed by atoms with Crippen molar-refractivity contribution in [1.82, 2.24) is 14.1 Å². The molecule has 3 fully saturated rings. The van der Waals surface area contributed by atoms with Gasteiger partial charge in [0.25, 0.3) is 5.91 Å². The lowest BCUT2D eigenvalue weighted by atomic mass is 9.88. The number of carbonyl (C=O) groups is 2. The summed E-state index contributed by atoms with van der Waals surface area (Å²) in [5.41, 5.74) is 0. The average Bonchev–Trinajstić information content (AvgIpc) is 3.35. The van der Waals surface area contributed by atoms with Crippen LogP contribution in [0.2, 0.25) is 0 Å². The van der Waals surface area contributed by atoms with Gasteiger partial charge < -0.3 is 4.90 Å². The molecular weight excluding hydrogens is 422 g/mol. The first kappa shape index (κ1) is 21.8. The maximum Gasteiger partial charge on any atom is 0.264 e. The fourth-order valence-corrected chi connectivity index (χ4v) is 7.50. The van der Waals surface area contributed by atoms with Crippen LogP contribution in [0.15, 0.2) is 12.1 Å². The normalized spacial score (nSPS) is 27.9. The number of piperidine rings is 1. The highest BCUT2D eigenvalue weighted by molar-refractivity contribution is 7.88. The molecule has 3 aliphatic rings. The van der Waals surface area contributed by atoms with Gasteiger partial charge in [-0.25, -0.2) is 12.7 Å². The van der Waals surface area contributed by atoms with Gasteiger partial charge in [-0.1, -0.05) is 20.3 Å². The van der Waals surface area contributed by atoms with Crippen LogP contribution in [-0.2, 0) is 21.4 Å². The third-order valence-corrected chi connectivity index (χ3v) is 8.85. The number of amides is 2. The number of fused-ring (bicyclic) bond motifs is 1. The summed E-state index contributed by atoms with van der Waals surface area (Å²) in [6.07, 6.45) is 5.35. The fourth-order valence-electron chi connectivity index (χ4n) is 5.33. The lowest BCUT2D eigenvalue weighted by molar-refractivity contribution is -0.129. The van der Waals surface area contributed by atoms with Crippen molar-refractivity contribution in [1.29, 1.82) is 0 Å². The first-order chi connectivity index (χ1) is 14.2. The van der Waals surface area contributed by atoms with Gasteiger partial charge in [-0.15, -0.1) is 11.3 Å². The van der Waals surface area contributed by atoms with Crippen LogP contribution in [0, 0.1) is 11.8 Å². The number of hydrogen-bond acceptors (Lipinski definition) is 6. The summed E-state index contributed by atoms with van der Waals surface area (Å²) in [5, 5.41) is 0. The predicted octanol–water partition coefficient (Wildman–Crippen LogP) is 2.39. The van der Waals surface area contributed by atoms with Crippen molar-refractivity contribution in [3.05, 3.63) is 21.9 Å². The van der Waals surface area contributed by atoms with Crippen molar-refractivity contribution in [2.75, 3.05) is 25.9 Å². The molecule has 3 aliphatic heterocycles. The van der Waals surface area contributed by atoms with Crippen molar-refractivity contribution in [3.63, 3.8) is 0 Å². The molecule has 30 heavy (non-hydrogen) atoms. The average molecular weight is 454 g/mol. The smallest absolute Gasteiger partial charge is 0.264 e. The van der Waals surface area contributed by atoms with Crippen LogP contribution in [0.4, 0.5) is 0 Å². The van der Waals surface area contributed by atoms with E-state index >= 15 is 0 Å².